The quantitative estimate of drug-likeness (QED) is 0.641. The molecule has 0 aliphatic carbocycles. The molecule has 2 N–H and O–H groups in total. The number of pyridine rings is 1. The van der Waals surface area contributed by atoms with E-state index >= 15 is 0 Å². The fourth-order valence-corrected chi connectivity index (χ4v) is 3.27. The molecule has 0 unspecified atom stereocenters. The molecule has 25 heavy (non-hydrogen) atoms. The van der Waals surface area contributed by atoms with Gasteiger partial charge in [-0.05, 0) is 50.3 Å². The number of hydrogen-bond donors (Lipinski definition) is 2. The number of nitrogens with zero attached hydrogens (tertiary/aromatic N) is 5. The summed E-state index contributed by atoms with van der Waals surface area (Å²) in [5, 5.41) is 10.4. The van der Waals surface area contributed by atoms with Crippen molar-refractivity contribution in [2.75, 3.05) is 26.2 Å². The van der Waals surface area contributed by atoms with Crippen molar-refractivity contribution in [2.24, 2.45) is 4.99 Å². The van der Waals surface area contributed by atoms with Gasteiger partial charge in [0.2, 0.25) is 0 Å². The molecular weight excluding hydrogens is 314 g/mol. The largest absolute Gasteiger partial charge is 0.357 e. The second kappa shape index (κ2) is 8.60. The highest BCUT2D eigenvalue weighted by atomic mass is 15.3. The van der Waals surface area contributed by atoms with E-state index in [1.165, 1.54) is 11.1 Å². The number of aromatic amines is 1. The number of H-pyrrole nitrogens is 1. The van der Waals surface area contributed by atoms with Crippen LogP contribution in [0, 0.1) is 6.92 Å². The molecule has 0 radical (unpaired) electrons. The average molecular weight is 341 g/mol. The molecule has 1 aliphatic rings. The van der Waals surface area contributed by atoms with Crippen molar-refractivity contribution < 1.29 is 0 Å². The number of likely N-dealkylation sites (tertiary alicyclic amines) is 1. The zero-order chi connectivity index (χ0) is 17.5. The lowest BCUT2D eigenvalue weighted by atomic mass is 9.96. The van der Waals surface area contributed by atoms with E-state index < -0.39 is 0 Å². The van der Waals surface area contributed by atoms with Crippen LogP contribution in [0.1, 0.15) is 42.6 Å². The van der Waals surface area contributed by atoms with Crippen molar-refractivity contribution in [3.05, 3.63) is 41.7 Å². The molecule has 2 aromatic heterocycles. The number of piperidine rings is 1. The molecule has 3 rings (SSSR count). The normalized spacial score (nSPS) is 16.2. The van der Waals surface area contributed by atoms with Gasteiger partial charge in [-0.15, -0.1) is 0 Å². The molecule has 2 aromatic rings. The molecule has 1 saturated heterocycles. The van der Waals surface area contributed by atoms with E-state index in [9.17, 15) is 0 Å². The van der Waals surface area contributed by atoms with Crippen molar-refractivity contribution in [3.8, 4) is 0 Å². The van der Waals surface area contributed by atoms with Gasteiger partial charge in [-0.25, -0.2) is 4.98 Å². The van der Waals surface area contributed by atoms with Gasteiger partial charge >= 0.3 is 0 Å². The van der Waals surface area contributed by atoms with E-state index in [1.807, 2.05) is 12.4 Å². The monoisotopic (exact) mass is 341 g/mol. The summed E-state index contributed by atoms with van der Waals surface area (Å²) in [6.45, 7) is 7.87. The first-order valence-electron chi connectivity index (χ1n) is 9.06. The van der Waals surface area contributed by atoms with Crippen LogP contribution in [-0.2, 0) is 6.42 Å². The maximum atomic E-state index is 4.84. The van der Waals surface area contributed by atoms with Gasteiger partial charge in [0.15, 0.2) is 5.96 Å². The fraction of sp³-hybridized carbons (Fsp3) is 0.556. The SMILES string of the molecule is CCNC(=NCCc1ccncc1C)N1CCC(c2ncn[nH]2)CC1. The highest BCUT2D eigenvalue weighted by molar-refractivity contribution is 5.80. The maximum Gasteiger partial charge on any atom is 0.193 e. The third kappa shape index (κ3) is 4.55. The molecule has 7 heteroatoms. The lowest BCUT2D eigenvalue weighted by Gasteiger charge is -2.33. The Bertz CT molecular complexity index is 672. The van der Waals surface area contributed by atoms with Gasteiger partial charge in [-0.1, -0.05) is 0 Å². The zero-order valence-corrected chi connectivity index (χ0v) is 15.1. The lowest BCUT2D eigenvalue weighted by molar-refractivity contribution is 0.299. The van der Waals surface area contributed by atoms with Crippen molar-refractivity contribution in [1.29, 1.82) is 0 Å². The van der Waals surface area contributed by atoms with E-state index in [2.05, 4.69) is 50.3 Å². The number of rotatable bonds is 5. The smallest absolute Gasteiger partial charge is 0.193 e. The van der Waals surface area contributed by atoms with Crippen LogP contribution in [0.25, 0.3) is 0 Å². The second-order valence-corrected chi connectivity index (χ2v) is 6.42. The van der Waals surface area contributed by atoms with Crippen LogP contribution >= 0.6 is 0 Å². The Morgan fingerprint density at radius 1 is 1.40 bits per heavy atom. The second-order valence-electron chi connectivity index (χ2n) is 6.42. The summed E-state index contributed by atoms with van der Waals surface area (Å²) >= 11 is 0. The minimum atomic E-state index is 0.473. The molecule has 0 saturated carbocycles. The fourth-order valence-electron chi connectivity index (χ4n) is 3.27. The average Bonchev–Trinajstić information content (AvgIpc) is 3.17. The molecule has 0 atom stereocenters. The number of aliphatic imine (C=N–C) groups is 1. The Morgan fingerprint density at radius 3 is 2.92 bits per heavy atom. The summed E-state index contributed by atoms with van der Waals surface area (Å²) in [6.07, 6.45) is 8.45. The molecule has 0 bridgehead atoms. The van der Waals surface area contributed by atoms with Gasteiger partial charge < -0.3 is 10.2 Å². The number of nitrogens with one attached hydrogen (secondary N) is 2. The number of hydrogen-bond acceptors (Lipinski definition) is 4. The summed E-state index contributed by atoms with van der Waals surface area (Å²) in [6, 6.07) is 2.08. The van der Waals surface area contributed by atoms with E-state index in [0.29, 0.717) is 5.92 Å². The first-order valence-corrected chi connectivity index (χ1v) is 9.06. The number of aryl methyl sites for hydroxylation is 1. The number of aromatic nitrogens is 4. The summed E-state index contributed by atoms with van der Waals surface area (Å²) < 4.78 is 0. The third-order valence-corrected chi connectivity index (χ3v) is 4.73. The van der Waals surface area contributed by atoms with Gasteiger partial charge in [-0.2, -0.15) is 5.10 Å². The highest BCUT2D eigenvalue weighted by Crippen LogP contribution is 2.24. The van der Waals surface area contributed by atoms with E-state index in [0.717, 1.165) is 57.2 Å². The predicted octanol–water partition coefficient (Wildman–Crippen LogP) is 1.90. The highest BCUT2D eigenvalue weighted by Gasteiger charge is 2.24. The van der Waals surface area contributed by atoms with Gasteiger partial charge in [0.25, 0.3) is 0 Å². The first kappa shape index (κ1) is 17.4. The summed E-state index contributed by atoms with van der Waals surface area (Å²) in [5.41, 5.74) is 2.55. The Balaban J connectivity index is 1.56. The molecule has 3 heterocycles. The number of guanidine groups is 1. The summed E-state index contributed by atoms with van der Waals surface area (Å²) in [7, 11) is 0. The topological polar surface area (TPSA) is 82.1 Å². The van der Waals surface area contributed by atoms with Crippen molar-refractivity contribution in [3.63, 3.8) is 0 Å². The van der Waals surface area contributed by atoms with E-state index in [-0.39, 0.29) is 0 Å². The molecule has 1 aliphatic heterocycles. The lowest BCUT2D eigenvalue weighted by Crippen LogP contribution is -2.45. The Labute approximate surface area is 149 Å². The minimum absolute atomic E-state index is 0.473. The Hall–Kier alpha value is -2.44. The Kier molecular flexibility index (Phi) is 5.98. The standard InChI is InChI=1S/C18H27N7/c1-3-20-18(21-9-5-15-4-8-19-12-14(15)2)25-10-6-16(7-11-25)17-22-13-23-24-17/h4,8,12-13,16H,3,5-7,9-11H2,1-2H3,(H,20,21)(H,22,23,24). The zero-order valence-electron chi connectivity index (χ0n) is 15.1. The van der Waals surface area contributed by atoms with Gasteiger partial charge in [0.05, 0.1) is 0 Å². The van der Waals surface area contributed by atoms with Crippen LogP contribution in [0.5, 0.6) is 0 Å². The molecule has 1 fully saturated rings. The molecule has 134 valence electrons. The summed E-state index contributed by atoms with van der Waals surface area (Å²) in [4.78, 5) is 15.6. The van der Waals surface area contributed by atoms with Gasteiger partial charge in [0.1, 0.15) is 12.2 Å². The van der Waals surface area contributed by atoms with Crippen molar-refractivity contribution in [2.45, 2.75) is 39.0 Å². The van der Waals surface area contributed by atoms with E-state index in [4.69, 9.17) is 4.99 Å². The van der Waals surface area contributed by atoms with Crippen LogP contribution in [0.4, 0.5) is 0 Å². The molecule has 0 spiro atoms. The summed E-state index contributed by atoms with van der Waals surface area (Å²) in [5.74, 6) is 2.50. The van der Waals surface area contributed by atoms with E-state index in [1.54, 1.807) is 6.33 Å². The molecule has 7 nitrogen and oxygen atoms in total. The van der Waals surface area contributed by atoms with Crippen LogP contribution in [0.3, 0.4) is 0 Å². The van der Waals surface area contributed by atoms with Crippen LogP contribution in [0.2, 0.25) is 0 Å². The van der Waals surface area contributed by atoms with Crippen LogP contribution in [0.15, 0.2) is 29.8 Å². The van der Waals surface area contributed by atoms with Crippen molar-refractivity contribution in [1.82, 2.24) is 30.4 Å². The Morgan fingerprint density at radius 2 is 2.24 bits per heavy atom. The molecular formula is C18H27N7. The maximum absolute atomic E-state index is 4.84. The van der Waals surface area contributed by atoms with Gasteiger partial charge in [-0.3, -0.25) is 15.1 Å². The van der Waals surface area contributed by atoms with Crippen molar-refractivity contribution >= 4 is 5.96 Å². The third-order valence-electron chi connectivity index (χ3n) is 4.73. The first-order chi connectivity index (χ1) is 12.3. The molecule has 0 amide bonds. The van der Waals surface area contributed by atoms with Crippen LogP contribution < -0.4 is 5.32 Å². The van der Waals surface area contributed by atoms with Crippen LogP contribution in [-0.4, -0.2) is 57.2 Å². The minimum Gasteiger partial charge on any atom is -0.357 e. The van der Waals surface area contributed by atoms with Gasteiger partial charge in [0, 0.05) is 44.5 Å². The predicted molar refractivity (Wildman–Crippen MR) is 98.6 cm³/mol. The molecule has 0 aromatic carbocycles.